The highest BCUT2D eigenvalue weighted by Gasteiger charge is 2.39. The van der Waals surface area contributed by atoms with Crippen molar-refractivity contribution in [1.82, 2.24) is 9.55 Å². The molecule has 0 aliphatic carbocycles. The van der Waals surface area contributed by atoms with E-state index in [0.717, 1.165) is 37.8 Å². The van der Waals surface area contributed by atoms with Gasteiger partial charge in [-0.1, -0.05) is 0 Å². The van der Waals surface area contributed by atoms with Crippen molar-refractivity contribution < 1.29 is 48.0 Å². The Labute approximate surface area is 223 Å². The zero-order chi connectivity index (χ0) is 29.6. The number of anilines is 1. The minimum Gasteiger partial charge on any atom is -0.476 e. The van der Waals surface area contributed by atoms with Crippen LogP contribution in [0.5, 0.6) is 0 Å². The van der Waals surface area contributed by atoms with E-state index in [1.165, 1.54) is 0 Å². The van der Waals surface area contributed by atoms with Gasteiger partial charge in [0, 0.05) is 47.5 Å². The van der Waals surface area contributed by atoms with Gasteiger partial charge in [0.1, 0.15) is 6.61 Å². The van der Waals surface area contributed by atoms with Gasteiger partial charge in [0.15, 0.2) is 18.3 Å². The van der Waals surface area contributed by atoms with Gasteiger partial charge in [0.25, 0.3) is 5.56 Å². The Kier molecular flexibility index (Phi) is 10.1. The average molecular weight is 550 g/mol. The van der Waals surface area contributed by atoms with E-state index in [1.54, 1.807) is 38.1 Å². The molecule has 0 saturated heterocycles. The first-order valence-electron chi connectivity index (χ1n) is 11.7. The zero-order valence-corrected chi connectivity index (χ0v) is 22.7. The van der Waals surface area contributed by atoms with Gasteiger partial charge in [-0.2, -0.15) is 0 Å². The fraction of sp³-hybridized carbons (Fsp3) is 0.480. The lowest BCUT2D eigenvalue weighted by molar-refractivity contribution is -0.190. The molecule has 0 radical (unpaired) electrons. The molecule has 0 bridgehead atoms. The summed E-state index contributed by atoms with van der Waals surface area (Å²) in [5, 5.41) is 9.63. The molecule has 3 unspecified atom stereocenters. The van der Waals surface area contributed by atoms with E-state index in [0.29, 0.717) is 5.69 Å². The van der Waals surface area contributed by atoms with E-state index in [4.69, 9.17) is 18.9 Å². The van der Waals surface area contributed by atoms with Crippen LogP contribution in [-0.2, 0) is 44.7 Å². The van der Waals surface area contributed by atoms with Gasteiger partial charge in [0.05, 0.1) is 17.6 Å². The normalized spacial score (nSPS) is 13.1. The highest BCUT2D eigenvalue weighted by atomic mass is 16.6. The first kappa shape index (κ1) is 30.7. The number of ether oxygens (including phenoxy) is 4. The lowest BCUT2D eigenvalue weighted by Crippen LogP contribution is -2.50. The molecular formula is C25H31N3O11. The number of esters is 4. The van der Waals surface area contributed by atoms with Crippen LogP contribution in [0.3, 0.4) is 0 Å². The van der Waals surface area contributed by atoms with Crippen LogP contribution in [-0.4, -0.2) is 83.5 Å². The van der Waals surface area contributed by atoms with E-state index in [-0.39, 0.29) is 11.0 Å². The molecule has 1 aromatic carbocycles. The van der Waals surface area contributed by atoms with E-state index in [1.807, 2.05) is 0 Å². The number of hydrogen-bond donors (Lipinski definition) is 1. The molecule has 2 rings (SSSR count). The molecule has 0 fully saturated rings. The van der Waals surface area contributed by atoms with Crippen LogP contribution >= 0.6 is 0 Å². The van der Waals surface area contributed by atoms with Crippen LogP contribution in [0.1, 0.15) is 43.7 Å². The Hall–Kier alpha value is -4.49. The molecule has 1 aromatic heterocycles. The summed E-state index contributed by atoms with van der Waals surface area (Å²) in [4.78, 5) is 78.4. The van der Waals surface area contributed by atoms with Gasteiger partial charge < -0.3 is 33.5 Å². The van der Waals surface area contributed by atoms with E-state index < -0.39 is 72.6 Å². The minimum atomic E-state index is -1.58. The number of nitrogens with zero attached hydrogens (tertiary/aromatic N) is 3. The summed E-state index contributed by atoms with van der Waals surface area (Å²) in [5.41, 5.74) is -0.0204. The summed E-state index contributed by atoms with van der Waals surface area (Å²) in [5.74, 6) is -4.84. The molecule has 0 saturated carbocycles. The summed E-state index contributed by atoms with van der Waals surface area (Å²) < 4.78 is 22.0. The molecule has 14 nitrogen and oxygen atoms in total. The van der Waals surface area contributed by atoms with Gasteiger partial charge >= 0.3 is 29.8 Å². The fourth-order valence-electron chi connectivity index (χ4n) is 3.98. The van der Waals surface area contributed by atoms with Crippen LogP contribution in [0.2, 0.25) is 0 Å². The Morgan fingerprint density at radius 3 is 1.97 bits per heavy atom. The van der Waals surface area contributed by atoms with E-state index in [2.05, 4.69) is 4.98 Å². The van der Waals surface area contributed by atoms with Crippen LogP contribution in [0.25, 0.3) is 11.0 Å². The zero-order valence-electron chi connectivity index (χ0n) is 22.7. The van der Waals surface area contributed by atoms with E-state index in [9.17, 15) is 33.9 Å². The lowest BCUT2D eigenvalue weighted by atomic mass is 10.1. The van der Waals surface area contributed by atoms with Crippen molar-refractivity contribution in [2.45, 2.75) is 59.5 Å². The van der Waals surface area contributed by atoms with Crippen molar-refractivity contribution >= 4 is 46.6 Å². The van der Waals surface area contributed by atoms with Crippen LogP contribution in [0, 0.1) is 6.92 Å². The number of aromatic carboxylic acids is 1. The van der Waals surface area contributed by atoms with Crippen molar-refractivity contribution in [2.24, 2.45) is 0 Å². The average Bonchev–Trinajstić information content (AvgIpc) is 2.79. The number of carbonyl (C=O) groups is 5. The van der Waals surface area contributed by atoms with Crippen LogP contribution < -0.4 is 10.5 Å². The van der Waals surface area contributed by atoms with Gasteiger partial charge in [-0.05, 0) is 24.6 Å². The molecule has 0 spiro atoms. The molecular weight excluding hydrogens is 518 g/mol. The number of aromatic nitrogens is 2. The number of carboxylic acid groups (broad SMARTS) is 1. The maximum Gasteiger partial charge on any atom is 0.360 e. The Balaban J connectivity index is 2.82. The van der Waals surface area contributed by atoms with E-state index >= 15 is 0 Å². The van der Waals surface area contributed by atoms with Crippen molar-refractivity contribution in [3.8, 4) is 0 Å². The van der Waals surface area contributed by atoms with Crippen molar-refractivity contribution in [3.63, 3.8) is 0 Å². The number of fused-ring (bicyclic) bond motifs is 1. The second-order valence-corrected chi connectivity index (χ2v) is 8.88. The van der Waals surface area contributed by atoms with Crippen LogP contribution in [0.4, 0.5) is 5.69 Å². The number of carbonyl (C=O) groups excluding carboxylic acids is 4. The molecule has 1 heterocycles. The maximum absolute atomic E-state index is 13.3. The minimum absolute atomic E-state index is 0.164. The summed E-state index contributed by atoms with van der Waals surface area (Å²) >= 11 is 0. The van der Waals surface area contributed by atoms with Crippen molar-refractivity contribution in [3.05, 3.63) is 33.7 Å². The quantitative estimate of drug-likeness (QED) is 0.308. The SMILES string of the molecule is CC(=O)OCC(OC(C)=O)C(OC(C)=O)C(Cn1c(=O)c(C(=O)O)nc2cc(C)c(N(C)C)cc21)OC(C)=O. The summed E-state index contributed by atoms with van der Waals surface area (Å²) in [6, 6.07) is 3.21. The first-order chi connectivity index (χ1) is 18.1. The van der Waals surface area contributed by atoms with Crippen LogP contribution in [0.15, 0.2) is 16.9 Å². The smallest absolute Gasteiger partial charge is 0.360 e. The number of benzene rings is 1. The summed E-state index contributed by atoms with van der Waals surface area (Å²) in [6.07, 6.45) is -4.50. The Morgan fingerprint density at radius 1 is 0.923 bits per heavy atom. The van der Waals surface area contributed by atoms with Crippen molar-refractivity contribution in [2.75, 3.05) is 25.6 Å². The molecule has 0 aliphatic rings. The number of carboxylic acids is 1. The molecule has 3 atom stereocenters. The lowest BCUT2D eigenvalue weighted by Gasteiger charge is -2.32. The molecule has 1 N–H and O–H groups in total. The third-order valence-corrected chi connectivity index (χ3v) is 5.43. The molecule has 212 valence electrons. The molecule has 39 heavy (non-hydrogen) atoms. The highest BCUT2D eigenvalue weighted by molar-refractivity contribution is 5.89. The fourth-order valence-corrected chi connectivity index (χ4v) is 3.98. The molecule has 0 aliphatic heterocycles. The predicted molar refractivity (Wildman–Crippen MR) is 135 cm³/mol. The second kappa shape index (κ2) is 12.8. The largest absolute Gasteiger partial charge is 0.476 e. The molecule has 14 heteroatoms. The maximum atomic E-state index is 13.3. The predicted octanol–water partition coefficient (Wildman–Crippen LogP) is 0.827. The third-order valence-electron chi connectivity index (χ3n) is 5.43. The topological polar surface area (TPSA) is 181 Å². The standard InChI is InChI=1S/C25H31N3O11/c1-12-8-17-19(9-18(12)27(6)7)28(24(33)22(26-17)25(34)35)10-20(37-14(3)30)23(39-16(5)32)21(38-15(4)31)11-36-13(2)29/h8-9,20-21,23H,10-11H2,1-7H3,(H,34,35). The van der Waals surface area contributed by atoms with Gasteiger partial charge in [-0.15, -0.1) is 0 Å². The van der Waals surface area contributed by atoms with Crippen molar-refractivity contribution in [1.29, 1.82) is 0 Å². The monoisotopic (exact) mass is 549 g/mol. The Bertz CT molecular complexity index is 1350. The summed E-state index contributed by atoms with van der Waals surface area (Å²) in [7, 11) is 3.54. The van der Waals surface area contributed by atoms with Gasteiger partial charge in [-0.25, -0.2) is 9.78 Å². The Morgan fingerprint density at radius 2 is 1.49 bits per heavy atom. The molecule has 2 aromatic rings. The third kappa shape index (κ3) is 7.99. The number of hydrogen-bond acceptors (Lipinski definition) is 12. The number of aryl methyl sites for hydroxylation is 1. The second-order valence-electron chi connectivity index (χ2n) is 8.88. The summed E-state index contributed by atoms with van der Waals surface area (Å²) in [6.45, 7) is 4.96. The number of rotatable bonds is 11. The van der Waals surface area contributed by atoms with Gasteiger partial charge in [0.2, 0.25) is 5.69 Å². The first-order valence-corrected chi connectivity index (χ1v) is 11.7. The highest BCUT2D eigenvalue weighted by Crippen LogP contribution is 2.25. The van der Waals surface area contributed by atoms with Gasteiger partial charge in [-0.3, -0.25) is 24.0 Å². The molecule has 0 amide bonds.